The highest BCUT2D eigenvalue weighted by Gasteiger charge is 2.32. The monoisotopic (exact) mass is 193 g/mol. The highest BCUT2D eigenvalue weighted by atomic mass is 16.5. The normalized spacial score (nSPS) is 38.7. The molecule has 2 aliphatic rings. The van der Waals surface area contributed by atoms with Crippen molar-refractivity contribution in [2.45, 2.75) is 38.3 Å². The molecule has 0 aromatic carbocycles. The predicted octanol–water partition coefficient (Wildman–Crippen LogP) is 1.41. The molecule has 0 spiro atoms. The van der Waals surface area contributed by atoms with Crippen LogP contribution in [0.3, 0.4) is 0 Å². The third-order valence-corrected chi connectivity index (χ3v) is 3.63. The molecule has 78 valence electrons. The molecule has 0 bridgehead atoms. The van der Waals surface area contributed by atoms with Crippen LogP contribution >= 0.6 is 0 Å². The summed E-state index contributed by atoms with van der Waals surface area (Å²) >= 11 is 0. The van der Waals surface area contributed by atoms with Crippen molar-refractivity contribution < 1.29 is 4.74 Å². The van der Waals surface area contributed by atoms with Gasteiger partial charge >= 0.3 is 0 Å². The van der Waals surface area contributed by atoms with Crippen LogP contribution in [0.4, 0.5) is 0 Å². The second-order valence-electron chi connectivity index (χ2n) is 4.60. The van der Waals surface area contributed by atoms with Gasteiger partial charge in [-0.3, -0.25) is 0 Å². The van der Waals surface area contributed by atoms with Crippen molar-refractivity contribution in [2.75, 3.05) is 13.2 Å². The molecule has 1 heterocycles. The highest BCUT2D eigenvalue weighted by Crippen LogP contribution is 2.28. The number of hydrogen-bond donors (Lipinski definition) is 1. The van der Waals surface area contributed by atoms with E-state index in [0.29, 0.717) is 12.0 Å². The summed E-state index contributed by atoms with van der Waals surface area (Å²) in [5, 5.41) is 3.58. The smallest absolute Gasteiger partial charge is 0.0740 e. The maximum Gasteiger partial charge on any atom is 0.0740 e. The molecule has 2 rings (SSSR count). The minimum Gasteiger partial charge on any atom is -0.381 e. The van der Waals surface area contributed by atoms with E-state index in [2.05, 4.69) is 18.2 Å². The van der Waals surface area contributed by atoms with Gasteiger partial charge in [0.2, 0.25) is 0 Å². The largest absolute Gasteiger partial charge is 0.381 e. The lowest BCUT2D eigenvalue weighted by atomic mass is 9.80. The maximum atomic E-state index is 5.56. The van der Waals surface area contributed by atoms with Crippen LogP contribution in [-0.2, 0) is 4.74 Å². The Labute approximate surface area is 86.4 Å². The first kappa shape index (κ1) is 10.0. The molecular weight excluding hydrogens is 174 g/mol. The Morgan fingerprint density at radius 3 is 2.71 bits per heavy atom. The number of nitrogens with one attached hydrogen (secondary N) is 1. The molecule has 0 aromatic heterocycles. The SMILES string of the molecule is C#CC(NC1CCC1C)C1CCOC1. The number of rotatable bonds is 3. The second-order valence-corrected chi connectivity index (χ2v) is 4.60. The summed E-state index contributed by atoms with van der Waals surface area (Å²) < 4.78 is 5.36. The fourth-order valence-corrected chi connectivity index (χ4v) is 2.28. The Bertz CT molecular complexity index is 227. The summed E-state index contributed by atoms with van der Waals surface area (Å²) in [6.07, 6.45) is 9.30. The molecule has 1 saturated heterocycles. The van der Waals surface area contributed by atoms with Gasteiger partial charge in [0.25, 0.3) is 0 Å². The van der Waals surface area contributed by atoms with Gasteiger partial charge in [-0.25, -0.2) is 0 Å². The summed E-state index contributed by atoms with van der Waals surface area (Å²) in [6, 6.07) is 0.877. The van der Waals surface area contributed by atoms with Crippen LogP contribution in [0.15, 0.2) is 0 Å². The third-order valence-electron chi connectivity index (χ3n) is 3.63. The average molecular weight is 193 g/mol. The van der Waals surface area contributed by atoms with Gasteiger partial charge in [-0.1, -0.05) is 12.8 Å². The molecule has 1 aliphatic heterocycles. The predicted molar refractivity (Wildman–Crippen MR) is 56.9 cm³/mol. The third kappa shape index (κ3) is 1.94. The van der Waals surface area contributed by atoms with Crippen LogP contribution in [0.5, 0.6) is 0 Å². The molecule has 2 heteroatoms. The van der Waals surface area contributed by atoms with Crippen LogP contribution in [0.25, 0.3) is 0 Å². The molecule has 0 amide bonds. The van der Waals surface area contributed by atoms with Crippen molar-refractivity contribution in [3.05, 3.63) is 0 Å². The second kappa shape index (κ2) is 4.33. The zero-order valence-electron chi connectivity index (χ0n) is 8.83. The van der Waals surface area contributed by atoms with Gasteiger partial charge in [0.05, 0.1) is 12.6 Å². The summed E-state index contributed by atoms with van der Waals surface area (Å²) in [6.45, 7) is 4.01. The topological polar surface area (TPSA) is 21.3 Å². The Morgan fingerprint density at radius 1 is 1.43 bits per heavy atom. The van der Waals surface area contributed by atoms with Crippen molar-refractivity contribution in [1.82, 2.24) is 5.32 Å². The Hall–Kier alpha value is -0.520. The molecule has 4 unspecified atom stereocenters. The standard InChI is InChI=1S/C12H19NO/c1-3-11(10-6-7-14-8-10)13-12-5-4-9(12)2/h1,9-13H,4-8H2,2H3. The molecule has 0 aromatic rings. The van der Waals surface area contributed by atoms with Crippen molar-refractivity contribution >= 4 is 0 Å². The average Bonchev–Trinajstić information content (AvgIpc) is 2.70. The molecule has 14 heavy (non-hydrogen) atoms. The Morgan fingerprint density at radius 2 is 2.29 bits per heavy atom. The van der Waals surface area contributed by atoms with Crippen molar-refractivity contribution in [1.29, 1.82) is 0 Å². The first-order chi connectivity index (χ1) is 6.81. The minimum absolute atomic E-state index is 0.227. The first-order valence-corrected chi connectivity index (χ1v) is 5.61. The highest BCUT2D eigenvalue weighted by molar-refractivity contribution is 5.05. The van der Waals surface area contributed by atoms with Gasteiger partial charge in [-0.2, -0.15) is 0 Å². The van der Waals surface area contributed by atoms with E-state index in [9.17, 15) is 0 Å². The number of ether oxygens (including phenoxy) is 1. The molecule has 1 saturated carbocycles. The van der Waals surface area contributed by atoms with E-state index in [0.717, 1.165) is 25.6 Å². The van der Waals surface area contributed by atoms with Crippen molar-refractivity contribution in [3.63, 3.8) is 0 Å². The van der Waals surface area contributed by atoms with E-state index < -0.39 is 0 Å². The maximum absolute atomic E-state index is 5.56. The van der Waals surface area contributed by atoms with Crippen LogP contribution in [0.2, 0.25) is 0 Å². The van der Waals surface area contributed by atoms with Crippen LogP contribution in [0, 0.1) is 24.2 Å². The van der Waals surface area contributed by atoms with Gasteiger partial charge in [0, 0.05) is 18.6 Å². The molecule has 2 nitrogen and oxygen atoms in total. The fraction of sp³-hybridized carbons (Fsp3) is 0.833. The van der Waals surface area contributed by atoms with E-state index in [1.54, 1.807) is 0 Å². The minimum atomic E-state index is 0.227. The van der Waals surface area contributed by atoms with Crippen LogP contribution < -0.4 is 5.32 Å². The van der Waals surface area contributed by atoms with E-state index >= 15 is 0 Å². The van der Waals surface area contributed by atoms with E-state index in [4.69, 9.17) is 11.2 Å². The van der Waals surface area contributed by atoms with Crippen LogP contribution in [-0.4, -0.2) is 25.3 Å². The first-order valence-electron chi connectivity index (χ1n) is 5.61. The molecule has 1 aliphatic carbocycles. The lowest BCUT2D eigenvalue weighted by Crippen LogP contribution is -2.49. The van der Waals surface area contributed by atoms with E-state index in [1.165, 1.54) is 12.8 Å². The summed E-state index contributed by atoms with van der Waals surface area (Å²) in [5.74, 6) is 4.21. The zero-order chi connectivity index (χ0) is 9.97. The molecule has 1 N–H and O–H groups in total. The van der Waals surface area contributed by atoms with Gasteiger partial charge in [-0.15, -0.1) is 6.42 Å². The molecule has 2 fully saturated rings. The number of hydrogen-bond acceptors (Lipinski definition) is 2. The Kier molecular flexibility index (Phi) is 3.10. The van der Waals surface area contributed by atoms with Crippen LogP contribution in [0.1, 0.15) is 26.2 Å². The summed E-state index contributed by atoms with van der Waals surface area (Å²) in [7, 11) is 0. The van der Waals surface area contributed by atoms with Gasteiger partial charge in [-0.05, 0) is 25.2 Å². The Balaban J connectivity index is 1.83. The van der Waals surface area contributed by atoms with Gasteiger partial charge in [0.15, 0.2) is 0 Å². The molecule has 4 atom stereocenters. The van der Waals surface area contributed by atoms with Gasteiger partial charge < -0.3 is 10.1 Å². The molecule has 0 radical (unpaired) electrons. The number of terminal acetylenes is 1. The quantitative estimate of drug-likeness (QED) is 0.684. The van der Waals surface area contributed by atoms with E-state index in [1.807, 2.05) is 0 Å². The lowest BCUT2D eigenvalue weighted by molar-refractivity contribution is 0.167. The summed E-state index contributed by atoms with van der Waals surface area (Å²) in [4.78, 5) is 0. The lowest BCUT2D eigenvalue weighted by Gasteiger charge is -2.37. The summed E-state index contributed by atoms with van der Waals surface area (Å²) in [5.41, 5.74) is 0. The van der Waals surface area contributed by atoms with Crippen molar-refractivity contribution in [3.8, 4) is 12.3 Å². The van der Waals surface area contributed by atoms with Crippen molar-refractivity contribution in [2.24, 2.45) is 11.8 Å². The van der Waals surface area contributed by atoms with Gasteiger partial charge in [0.1, 0.15) is 0 Å². The zero-order valence-corrected chi connectivity index (χ0v) is 8.83. The van der Waals surface area contributed by atoms with E-state index in [-0.39, 0.29) is 6.04 Å². The fourth-order valence-electron chi connectivity index (χ4n) is 2.28. The molecular formula is C12H19NO.